The van der Waals surface area contributed by atoms with Gasteiger partial charge in [-0.05, 0) is 25.3 Å². The highest BCUT2D eigenvalue weighted by atomic mass is 16.5. The largest absolute Gasteiger partial charge is 0.376 e. The Morgan fingerprint density at radius 3 is 2.67 bits per heavy atom. The summed E-state index contributed by atoms with van der Waals surface area (Å²) in [4.78, 5) is 17.1. The predicted molar refractivity (Wildman–Crippen MR) is 94.7 cm³/mol. The predicted octanol–water partition coefficient (Wildman–Crippen LogP) is 1.49. The summed E-state index contributed by atoms with van der Waals surface area (Å²) in [6.45, 7) is 8.40. The van der Waals surface area contributed by atoms with Crippen LogP contribution in [0.5, 0.6) is 0 Å². The first-order chi connectivity index (χ1) is 11.7. The molecular formula is C19H29N3O2. The maximum Gasteiger partial charge on any atom is 0.237 e. The summed E-state index contributed by atoms with van der Waals surface area (Å²) in [5, 5.41) is 3.05. The number of hydrogen-bond donors (Lipinski definition) is 1. The van der Waals surface area contributed by atoms with Crippen molar-refractivity contribution in [3.05, 3.63) is 35.9 Å². The maximum atomic E-state index is 12.3. The quantitative estimate of drug-likeness (QED) is 0.858. The van der Waals surface area contributed by atoms with Crippen LogP contribution in [-0.4, -0.2) is 67.2 Å². The fourth-order valence-electron chi connectivity index (χ4n) is 3.48. The number of nitrogens with zero attached hydrogens (tertiary/aromatic N) is 2. The van der Waals surface area contributed by atoms with Crippen molar-refractivity contribution in [2.75, 3.05) is 39.3 Å². The van der Waals surface area contributed by atoms with Gasteiger partial charge < -0.3 is 10.1 Å². The summed E-state index contributed by atoms with van der Waals surface area (Å²) >= 11 is 0. The summed E-state index contributed by atoms with van der Waals surface area (Å²) in [6.07, 6.45) is 2.38. The van der Waals surface area contributed by atoms with Crippen molar-refractivity contribution in [3.63, 3.8) is 0 Å². The Balaban J connectivity index is 1.39. The van der Waals surface area contributed by atoms with E-state index in [0.29, 0.717) is 6.54 Å². The van der Waals surface area contributed by atoms with Gasteiger partial charge in [0, 0.05) is 45.9 Å². The van der Waals surface area contributed by atoms with E-state index in [1.54, 1.807) is 0 Å². The van der Waals surface area contributed by atoms with Crippen LogP contribution in [0.15, 0.2) is 30.3 Å². The molecule has 3 rings (SSSR count). The highest BCUT2D eigenvalue weighted by Gasteiger charge is 2.26. The number of piperazine rings is 1. The molecule has 2 atom stereocenters. The molecule has 1 aromatic carbocycles. The molecule has 0 unspecified atom stereocenters. The first kappa shape index (κ1) is 17.4. The molecule has 2 aliphatic rings. The van der Waals surface area contributed by atoms with E-state index in [4.69, 9.17) is 4.74 Å². The van der Waals surface area contributed by atoms with E-state index in [0.717, 1.165) is 52.2 Å². The number of nitrogens with one attached hydrogen (secondary N) is 1. The molecule has 0 bridgehead atoms. The molecular weight excluding hydrogens is 302 g/mol. The van der Waals surface area contributed by atoms with Crippen LogP contribution in [0.4, 0.5) is 0 Å². The lowest BCUT2D eigenvalue weighted by molar-refractivity contribution is -0.127. The van der Waals surface area contributed by atoms with Crippen molar-refractivity contribution in [1.29, 1.82) is 0 Å². The highest BCUT2D eigenvalue weighted by Crippen LogP contribution is 2.12. The van der Waals surface area contributed by atoms with E-state index >= 15 is 0 Å². The summed E-state index contributed by atoms with van der Waals surface area (Å²) in [5.74, 6) is 0.127. The smallest absolute Gasteiger partial charge is 0.237 e. The molecule has 0 radical (unpaired) electrons. The second-order valence-electron chi connectivity index (χ2n) is 6.85. The molecule has 1 N–H and O–H groups in total. The number of benzene rings is 1. The number of hydrogen-bond acceptors (Lipinski definition) is 4. The van der Waals surface area contributed by atoms with E-state index in [1.807, 2.05) is 6.92 Å². The molecule has 5 heteroatoms. The maximum absolute atomic E-state index is 12.3. The Labute approximate surface area is 145 Å². The summed E-state index contributed by atoms with van der Waals surface area (Å²) in [7, 11) is 0. The van der Waals surface area contributed by atoms with Gasteiger partial charge in [-0.25, -0.2) is 0 Å². The monoisotopic (exact) mass is 331 g/mol. The van der Waals surface area contributed by atoms with Gasteiger partial charge >= 0.3 is 0 Å². The van der Waals surface area contributed by atoms with E-state index in [2.05, 4.69) is 45.4 Å². The molecule has 0 aliphatic carbocycles. The number of carbonyl (C=O) groups excluding carboxylic acids is 1. The third kappa shape index (κ3) is 4.79. The zero-order valence-corrected chi connectivity index (χ0v) is 14.6. The fraction of sp³-hybridized carbons (Fsp3) is 0.632. The minimum atomic E-state index is -0.0646. The molecule has 0 saturated carbocycles. The van der Waals surface area contributed by atoms with Crippen molar-refractivity contribution in [2.45, 2.75) is 38.5 Å². The summed E-state index contributed by atoms with van der Waals surface area (Å²) in [6, 6.07) is 10.5. The molecule has 0 spiro atoms. The van der Waals surface area contributed by atoms with Crippen molar-refractivity contribution >= 4 is 5.91 Å². The third-order valence-corrected chi connectivity index (χ3v) is 5.11. The van der Waals surface area contributed by atoms with Crippen molar-refractivity contribution < 1.29 is 9.53 Å². The fourth-order valence-corrected chi connectivity index (χ4v) is 3.48. The zero-order chi connectivity index (χ0) is 16.8. The van der Waals surface area contributed by atoms with Gasteiger partial charge in [0.2, 0.25) is 5.91 Å². The van der Waals surface area contributed by atoms with E-state index < -0.39 is 0 Å². The molecule has 1 amide bonds. The number of rotatable bonds is 6. The second kappa shape index (κ2) is 8.60. The molecule has 2 aliphatic heterocycles. The topological polar surface area (TPSA) is 44.8 Å². The lowest BCUT2D eigenvalue weighted by Gasteiger charge is -2.37. The van der Waals surface area contributed by atoms with Crippen LogP contribution in [-0.2, 0) is 16.1 Å². The normalized spacial score (nSPS) is 24.0. The molecule has 2 saturated heterocycles. The first-order valence-electron chi connectivity index (χ1n) is 9.12. The van der Waals surface area contributed by atoms with Gasteiger partial charge in [0.1, 0.15) is 0 Å². The molecule has 1 aromatic rings. The lowest BCUT2D eigenvalue weighted by Crippen LogP contribution is -2.54. The van der Waals surface area contributed by atoms with E-state index in [1.165, 1.54) is 5.56 Å². The van der Waals surface area contributed by atoms with E-state index in [9.17, 15) is 4.79 Å². The molecule has 2 fully saturated rings. The van der Waals surface area contributed by atoms with Gasteiger partial charge in [-0.3, -0.25) is 14.6 Å². The molecule has 0 aromatic heterocycles. The van der Waals surface area contributed by atoms with Crippen molar-refractivity contribution in [1.82, 2.24) is 15.1 Å². The minimum absolute atomic E-state index is 0.0646. The lowest BCUT2D eigenvalue weighted by atomic mass is 10.1. The zero-order valence-electron chi connectivity index (χ0n) is 14.6. The number of carbonyl (C=O) groups is 1. The summed E-state index contributed by atoms with van der Waals surface area (Å²) < 4.78 is 5.56. The van der Waals surface area contributed by atoms with Crippen LogP contribution < -0.4 is 5.32 Å². The number of amides is 1. The van der Waals surface area contributed by atoms with Gasteiger partial charge in [0.15, 0.2) is 0 Å². The second-order valence-corrected chi connectivity index (χ2v) is 6.85. The Bertz CT molecular complexity index is 509. The molecule has 2 heterocycles. The average molecular weight is 331 g/mol. The van der Waals surface area contributed by atoms with Crippen LogP contribution in [0.2, 0.25) is 0 Å². The average Bonchev–Trinajstić information content (AvgIpc) is 3.14. The summed E-state index contributed by atoms with van der Waals surface area (Å²) in [5.41, 5.74) is 1.35. The van der Waals surface area contributed by atoms with Gasteiger partial charge in [0.25, 0.3) is 0 Å². The highest BCUT2D eigenvalue weighted by molar-refractivity contribution is 5.81. The van der Waals surface area contributed by atoms with Crippen molar-refractivity contribution in [3.8, 4) is 0 Å². The molecule has 5 nitrogen and oxygen atoms in total. The van der Waals surface area contributed by atoms with Crippen LogP contribution in [0.25, 0.3) is 0 Å². The third-order valence-electron chi connectivity index (χ3n) is 5.11. The Morgan fingerprint density at radius 1 is 1.25 bits per heavy atom. The SMILES string of the molecule is C[C@H](C(=O)NC[C@@H]1CCCO1)N1CCN(Cc2ccccc2)CC1. The van der Waals surface area contributed by atoms with Crippen LogP contribution >= 0.6 is 0 Å². The molecule has 24 heavy (non-hydrogen) atoms. The van der Waals surface area contributed by atoms with Crippen LogP contribution in [0.1, 0.15) is 25.3 Å². The Morgan fingerprint density at radius 2 is 2.00 bits per heavy atom. The van der Waals surface area contributed by atoms with Gasteiger partial charge in [0.05, 0.1) is 12.1 Å². The number of ether oxygens (including phenoxy) is 1. The van der Waals surface area contributed by atoms with Crippen molar-refractivity contribution in [2.24, 2.45) is 0 Å². The Hall–Kier alpha value is -1.43. The van der Waals surface area contributed by atoms with Gasteiger partial charge in [-0.2, -0.15) is 0 Å². The van der Waals surface area contributed by atoms with Crippen LogP contribution in [0.3, 0.4) is 0 Å². The minimum Gasteiger partial charge on any atom is -0.376 e. The van der Waals surface area contributed by atoms with Gasteiger partial charge in [-0.15, -0.1) is 0 Å². The van der Waals surface area contributed by atoms with Crippen LogP contribution in [0, 0.1) is 0 Å². The van der Waals surface area contributed by atoms with Gasteiger partial charge in [-0.1, -0.05) is 30.3 Å². The standard InChI is InChI=1S/C19H29N3O2/c1-16(19(23)20-14-18-8-5-13-24-18)22-11-9-21(10-12-22)15-17-6-3-2-4-7-17/h2-4,6-7,16,18H,5,8-15H2,1H3,(H,20,23)/t16-,18+/m1/s1. The first-order valence-corrected chi connectivity index (χ1v) is 9.12. The Kier molecular flexibility index (Phi) is 6.24. The molecule has 132 valence electrons. The van der Waals surface area contributed by atoms with E-state index in [-0.39, 0.29) is 18.1 Å².